The molecule has 0 aromatic heterocycles. The lowest BCUT2D eigenvalue weighted by Crippen LogP contribution is -2.40. The van der Waals surface area contributed by atoms with Gasteiger partial charge in [0.05, 0.1) is 19.8 Å². The van der Waals surface area contributed by atoms with Gasteiger partial charge in [0.2, 0.25) is 0 Å². The standard InChI is InChI=1S/C15H29N3O2/c1-3-16-15(17-10-13-4-5-13)18-7-6-14(11-18)12-20-9-8-19-2/h13-14H,3-12H2,1-2H3,(H,16,17). The summed E-state index contributed by atoms with van der Waals surface area (Å²) in [5, 5.41) is 3.42. The second kappa shape index (κ2) is 8.47. The fraction of sp³-hybridized carbons (Fsp3) is 0.933. The summed E-state index contributed by atoms with van der Waals surface area (Å²) in [6.45, 7) is 8.43. The molecule has 1 saturated heterocycles. The molecule has 2 aliphatic rings. The van der Waals surface area contributed by atoms with Crippen LogP contribution < -0.4 is 5.32 Å². The second-order valence-electron chi connectivity index (χ2n) is 5.81. The summed E-state index contributed by atoms with van der Waals surface area (Å²) in [7, 11) is 1.71. The molecular weight excluding hydrogens is 254 g/mol. The fourth-order valence-electron chi connectivity index (χ4n) is 2.50. The van der Waals surface area contributed by atoms with Crippen molar-refractivity contribution in [1.82, 2.24) is 10.2 Å². The van der Waals surface area contributed by atoms with Crippen molar-refractivity contribution in [3.63, 3.8) is 0 Å². The number of hydrogen-bond acceptors (Lipinski definition) is 3. The van der Waals surface area contributed by atoms with E-state index in [1.165, 1.54) is 19.3 Å². The van der Waals surface area contributed by atoms with E-state index in [9.17, 15) is 0 Å². The van der Waals surface area contributed by atoms with Crippen molar-refractivity contribution in [1.29, 1.82) is 0 Å². The van der Waals surface area contributed by atoms with Gasteiger partial charge in [-0.05, 0) is 32.1 Å². The fourth-order valence-corrected chi connectivity index (χ4v) is 2.50. The van der Waals surface area contributed by atoms with Gasteiger partial charge in [0.1, 0.15) is 0 Å². The van der Waals surface area contributed by atoms with Crippen LogP contribution in [0.1, 0.15) is 26.2 Å². The molecule has 1 heterocycles. The molecule has 1 aliphatic carbocycles. The first-order valence-corrected chi connectivity index (χ1v) is 7.93. The molecule has 2 rings (SSSR count). The highest BCUT2D eigenvalue weighted by Gasteiger charge is 2.26. The molecule has 0 spiro atoms. The van der Waals surface area contributed by atoms with E-state index in [2.05, 4.69) is 17.1 Å². The molecule has 0 aromatic rings. The van der Waals surface area contributed by atoms with Crippen molar-refractivity contribution in [3.8, 4) is 0 Å². The van der Waals surface area contributed by atoms with Gasteiger partial charge in [-0.15, -0.1) is 0 Å². The van der Waals surface area contributed by atoms with Crippen LogP contribution in [-0.4, -0.2) is 64.0 Å². The Labute approximate surface area is 122 Å². The molecule has 0 radical (unpaired) electrons. The lowest BCUT2D eigenvalue weighted by atomic mass is 10.1. The molecule has 20 heavy (non-hydrogen) atoms. The monoisotopic (exact) mass is 283 g/mol. The van der Waals surface area contributed by atoms with Crippen LogP contribution in [0.25, 0.3) is 0 Å². The van der Waals surface area contributed by atoms with E-state index >= 15 is 0 Å². The van der Waals surface area contributed by atoms with Gasteiger partial charge >= 0.3 is 0 Å². The molecule has 0 bridgehead atoms. The minimum Gasteiger partial charge on any atom is -0.382 e. The minimum atomic E-state index is 0.622. The zero-order valence-electron chi connectivity index (χ0n) is 12.9. The molecule has 0 amide bonds. The zero-order valence-corrected chi connectivity index (χ0v) is 12.9. The van der Waals surface area contributed by atoms with Gasteiger partial charge in [0.15, 0.2) is 5.96 Å². The highest BCUT2D eigenvalue weighted by molar-refractivity contribution is 5.80. The number of likely N-dealkylation sites (tertiary alicyclic amines) is 1. The number of aliphatic imine (C=N–C) groups is 1. The smallest absolute Gasteiger partial charge is 0.193 e. The van der Waals surface area contributed by atoms with Gasteiger partial charge in [0, 0.05) is 39.2 Å². The maximum Gasteiger partial charge on any atom is 0.193 e. The van der Waals surface area contributed by atoms with Gasteiger partial charge in [-0.2, -0.15) is 0 Å². The molecule has 116 valence electrons. The highest BCUT2D eigenvalue weighted by Crippen LogP contribution is 2.29. The molecule has 5 heteroatoms. The summed E-state index contributed by atoms with van der Waals surface area (Å²) in [6.07, 6.45) is 3.92. The first-order valence-electron chi connectivity index (χ1n) is 7.93. The topological polar surface area (TPSA) is 46.1 Å². The minimum absolute atomic E-state index is 0.622. The Hall–Kier alpha value is -0.810. The van der Waals surface area contributed by atoms with E-state index in [1.54, 1.807) is 7.11 Å². The van der Waals surface area contributed by atoms with E-state index in [0.717, 1.165) is 44.7 Å². The van der Waals surface area contributed by atoms with Crippen LogP contribution in [0.2, 0.25) is 0 Å². The van der Waals surface area contributed by atoms with Crippen LogP contribution in [0.4, 0.5) is 0 Å². The summed E-state index contributed by atoms with van der Waals surface area (Å²) in [5.74, 6) is 2.56. The Morgan fingerprint density at radius 2 is 2.10 bits per heavy atom. The number of nitrogens with zero attached hydrogens (tertiary/aromatic N) is 2. The predicted molar refractivity (Wildman–Crippen MR) is 81.1 cm³/mol. The summed E-state index contributed by atoms with van der Waals surface area (Å²) in [6, 6.07) is 0. The van der Waals surface area contributed by atoms with E-state index in [0.29, 0.717) is 19.1 Å². The zero-order chi connectivity index (χ0) is 14.2. The van der Waals surface area contributed by atoms with Gasteiger partial charge in [0.25, 0.3) is 0 Å². The number of hydrogen-bond donors (Lipinski definition) is 1. The third-order valence-corrected chi connectivity index (χ3v) is 3.90. The van der Waals surface area contributed by atoms with Crippen molar-refractivity contribution in [2.24, 2.45) is 16.8 Å². The van der Waals surface area contributed by atoms with Crippen molar-refractivity contribution >= 4 is 5.96 Å². The summed E-state index contributed by atoms with van der Waals surface area (Å²) in [5.41, 5.74) is 0. The van der Waals surface area contributed by atoms with Crippen LogP contribution in [0.15, 0.2) is 4.99 Å². The number of nitrogens with one attached hydrogen (secondary N) is 1. The molecule has 1 atom stereocenters. The van der Waals surface area contributed by atoms with Crippen LogP contribution in [0, 0.1) is 11.8 Å². The first-order chi connectivity index (χ1) is 9.83. The van der Waals surface area contributed by atoms with Gasteiger partial charge in [-0.3, -0.25) is 4.99 Å². The van der Waals surface area contributed by atoms with Crippen LogP contribution in [0.3, 0.4) is 0 Å². The van der Waals surface area contributed by atoms with Crippen LogP contribution in [0.5, 0.6) is 0 Å². The molecule has 5 nitrogen and oxygen atoms in total. The SMILES string of the molecule is CCNC(=NCC1CC1)N1CCC(COCCOC)C1. The van der Waals surface area contributed by atoms with Gasteiger partial charge in [-0.25, -0.2) is 0 Å². The second-order valence-corrected chi connectivity index (χ2v) is 5.81. The summed E-state index contributed by atoms with van der Waals surface area (Å²) in [4.78, 5) is 7.16. The summed E-state index contributed by atoms with van der Waals surface area (Å²) >= 11 is 0. The van der Waals surface area contributed by atoms with Crippen molar-refractivity contribution in [3.05, 3.63) is 0 Å². The average Bonchev–Trinajstić information content (AvgIpc) is 3.17. The van der Waals surface area contributed by atoms with Crippen LogP contribution >= 0.6 is 0 Å². The lowest BCUT2D eigenvalue weighted by molar-refractivity contribution is 0.0536. The van der Waals surface area contributed by atoms with E-state index < -0.39 is 0 Å². The number of guanidine groups is 1. The van der Waals surface area contributed by atoms with Crippen molar-refractivity contribution in [2.75, 3.05) is 53.1 Å². The van der Waals surface area contributed by atoms with E-state index in [1.807, 2.05) is 0 Å². The highest BCUT2D eigenvalue weighted by atomic mass is 16.5. The molecule has 1 unspecified atom stereocenters. The van der Waals surface area contributed by atoms with E-state index in [4.69, 9.17) is 14.5 Å². The van der Waals surface area contributed by atoms with Gasteiger partial charge < -0.3 is 19.7 Å². The third-order valence-electron chi connectivity index (χ3n) is 3.90. The maximum atomic E-state index is 5.64. The molecule has 1 N–H and O–H groups in total. The Bertz CT molecular complexity index is 305. The Kier molecular flexibility index (Phi) is 6.60. The maximum absolute atomic E-state index is 5.64. The molecule has 0 aromatic carbocycles. The predicted octanol–water partition coefficient (Wildman–Crippen LogP) is 1.35. The van der Waals surface area contributed by atoms with Crippen molar-refractivity contribution < 1.29 is 9.47 Å². The molecular formula is C15H29N3O2. The van der Waals surface area contributed by atoms with Crippen LogP contribution in [-0.2, 0) is 9.47 Å². The molecule has 1 aliphatic heterocycles. The number of ether oxygens (including phenoxy) is 2. The summed E-state index contributed by atoms with van der Waals surface area (Å²) < 4.78 is 10.6. The normalized spacial score (nSPS) is 23.4. The largest absolute Gasteiger partial charge is 0.382 e. The number of methoxy groups -OCH3 is 1. The Balaban J connectivity index is 1.71. The quantitative estimate of drug-likeness (QED) is 0.415. The Morgan fingerprint density at radius 3 is 2.80 bits per heavy atom. The molecule has 2 fully saturated rings. The van der Waals surface area contributed by atoms with Gasteiger partial charge in [-0.1, -0.05) is 0 Å². The third kappa shape index (κ3) is 5.29. The Morgan fingerprint density at radius 1 is 1.25 bits per heavy atom. The lowest BCUT2D eigenvalue weighted by Gasteiger charge is -2.21. The van der Waals surface area contributed by atoms with Crippen molar-refractivity contribution in [2.45, 2.75) is 26.2 Å². The first kappa shape index (κ1) is 15.6. The molecule has 1 saturated carbocycles. The number of rotatable bonds is 8. The van der Waals surface area contributed by atoms with E-state index in [-0.39, 0.29) is 0 Å². The average molecular weight is 283 g/mol.